The zero-order chi connectivity index (χ0) is 23.5. The molecule has 1 fully saturated rings. The number of piperazine rings is 1. The SMILES string of the molecule is C[C@](O)(CN1CCN(/N=C/c2ccc(C(F)(F)F)cc2)CC1)Cn1cc([N+](=O)[O-])nc1Cl. The monoisotopic (exact) mass is 474 g/mol. The first kappa shape index (κ1) is 24.0. The molecule has 1 aromatic carbocycles. The first-order valence-electron chi connectivity index (χ1n) is 9.71. The summed E-state index contributed by atoms with van der Waals surface area (Å²) >= 11 is 5.92. The van der Waals surface area contributed by atoms with Crippen LogP contribution in [0.25, 0.3) is 0 Å². The van der Waals surface area contributed by atoms with Gasteiger partial charge in [0.25, 0.3) is 0 Å². The van der Waals surface area contributed by atoms with Gasteiger partial charge in [-0.3, -0.25) is 14.5 Å². The summed E-state index contributed by atoms with van der Waals surface area (Å²) in [6.45, 7) is 4.33. The summed E-state index contributed by atoms with van der Waals surface area (Å²) in [5.74, 6) is -0.384. The number of halogens is 4. The van der Waals surface area contributed by atoms with Crippen molar-refractivity contribution in [1.82, 2.24) is 19.5 Å². The fourth-order valence-corrected chi connectivity index (χ4v) is 3.59. The van der Waals surface area contributed by atoms with Gasteiger partial charge in [0.05, 0.1) is 23.9 Å². The van der Waals surface area contributed by atoms with Crippen LogP contribution in [0.4, 0.5) is 19.0 Å². The molecule has 1 atom stereocenters. The summed E-state index contributed by atoms with van der Waals surface area (Å²) in [7, 11) is 0. The van der Waals surface area contributed by atoms with Crippen LogP contribution in [0, 0.1) is 10.1 Å². The number of aliphatic hydroxyl groups is 1. The van der Waals surface area contributed by atoms with Gasteiger partial charge in [-0.25, -0.2) is 0 Å². The van der Waals surface area contributed by atoms with E-state index in [0.717, 1.165) is 12.1 Å². The number of hydrogen-bond acceptors (Lipinski definition) is 7. The molecule has 1 N–H and O–H groups in total. The number of β-amino-alcohol motifs (C(OH)–C–C–N with tert-alkyl or cyclic N) is 1. The molecule has 3 rings (SSSR count). The highest BCUT2D eigenvalue weighted by Crippen LogP contribution is 2.29. The van der Waals surface area contributed by atoms with E-state index in [1.165, 1.54) is 29.1 Å². The number of nitrogens with zero attached hydrogens (tertiary/aromatic N) is 6. The van der Waals surface area contributed by atoms with E-state index in [2.05, 4.69) is 10.1 Å². The second kappa shape index (κ2) is 9.43. The second-order valence-corrected chi connectivity index (χ2v) is 8.18. The normalized spacial score (nSPS) is 17.6. The van der Waals surface area contributed by atoms with Crippen molar-refractivity contribution in [2.45, 2.75) is 25.2 Å². The number of benzene rings is 1. The Labute approximate surface area is 186 Å². The third kappa shape index (κ3) is 6.40. The van der Waals surface area contributed by atoms with Crippen LogP contribution in [0.1, 0.15) is 18.1 Å². The van der Waals surface area contributed by atoms with Gasteiger partial charge in [-0.05, 0) is 46.1 Å². The van der Waals surface area contributed by atoms with Crippen molar-refractivity contribution in [1.29, 1.82) is 0 Å². The van der Waals surface area contributed by atoms with Gasteiger partial charge in [0.2, 0.25) is 0 Å². The summed E-state index contributed by atoms with van der Waals surface area (Å²) in [4.78, 5) is 15.8. The molecule has 1 saturated heterocycles. The minimum absolute atomic E-state index is 0.0406. The Morgan fingerprint density at radius 3 is 2.38 bits per heavy atom. The molecule has 174 valence electrons. The maximum Gasteiger partial charge on any atom is 0.416 e. The van der Waals surface area contributed by atoms with Crippen LogP contribution in [0.15, 0.2) is 35.6 Å². The molecule has 0 unspecified atom stereocenters. The van der Waals surface area contributed by atoms with Crippen LogP contribution in [0.5, 0.6) is 0 Å². The van der Waals surface area contributed by atoms with E-state index in [4.69, 9.17) is 11.6 Å². The summed E-state index contributed by atoms with van der Waals surface area (Å²) in [5, 5.41) is 27.6. The Morgan fingerprint density at radius 2 is 1.84 bits per heavy atom. The summed E-state index contributed by atoms with van der Waals surface area (Å²) < 4.78 is 39.2. The third-order valence-electron chi connectivity index (χ3n) is 4.93. The lowest BCUT2D eigenvalue weighted by atomic mass is 10.1. The van der Waals surface area contributed by atoms with Gasteiger partial charge in [-0.2, -0.15) is 18.3 Å². The van der Waals surface area contributed by atoms with E-state index in [9.17, 15) is 28.4 Å². The fraction of sp³-hybridized carbons (Fsp3) is 0.474. The van der Waals surface area contributed by atoms with Crippen molar-refractivity contribution in [2.75, 3.05) is 32.7 Å². The highest BCUT2D eigenvalue weighted by Gasteiger charge is 2.30. The van der Waals surface area contributed by atoms with Crippen molar-refractivity contribution in [3.63, 3.8) is 0 Å². The molecular formula is C19H22ClF3N6O3. The molecule has 2 aromatic rings. The predicted molar refractivity (Wildman–Crippen MR) is 112 cm³/mol. The lowest BCUT2D eigenvalue weighted by Crippen LogP contribution is -2.51. The van der Waals surface area contributed by atoms with Crippen molar-refractivity contribution < 1.29 is 23.2 Å². The number of alkyl halides is 3. The van der Waals surface area contributed by atoms with E-state index in [-0.39, 0.29) is 17.6 Å². The summed E-state index contributed by atoms with van der Waals surface area (Å²) in [6, 6.07) is 4.77. The minimum Gasteiger partial charge on any atom is -0.387 e. The van der Waals surface area contributed by atoms with Gasteiger partial charge in [-0.1, -0.05) is 12.1 Å². The number of hydrogen-bond donors (Lipinski definition) is 1. The van der Waals surface area contributed by atoms with Crippen molar-refractivity contribution in [3.8, 4) is 0 Å². The molecule has 0 spiro atoms. The molecule has 9 nitrogen and oxygen atoms in total. The fourth-order valence-electron chi connectivity index (χ4n) is 3.40. The maximum absolute atomic E-state index is 12.6. The van der Waals surface area contributed by atoms with Crippen LogP contribution in [-0.2, 0) is 12.7 Å². The van der Waals surface area contributed by atoms with Gasteiger partial charge in [-0.15, -0.1) is 0 Å². The van der Waals surface area contributed by atoms with Crippen LogP contribution < -0.4 is 0 Å². The van der Waals surface area contributed by atoms with Crippen molar-refractivity contribution in [2.24, 2.45) is 5.10 Å². The van der Waals surface area contributed by atoms with Crippen LogP contribution in [0.3, 0.4) is 0 Å². The molecule has 1 aromatic heterocycles. The van der Waals surface area contributed by atoms with E-state index in [1.54, 1.807) is 11.9 Å². The molecule has 0 saturated carbocycles. The highest BCUT2D eigenvalue weighted by molar-refractivity contribution is 6.28. The number of nitro groups is 1. The van der Waals surface area contributed by atoms with Crippen LogP contribution in [0.2, 0.25) is 5.28 Å². The molecule has 1 aliphatic heterocycles. The molecule has 0 bridgehead atoms. The molecule has 0 amide bonds. The molecular weight excluding hydrogens is 453 g/mol. The average Bonchev–Trinajstić information content (AvgIpc) is 3.07. The quantitative estimate of drug-likeness (QED) is 0.376. The van der Waals surface area contributed by atoms with E-state index in [0.29, 0.717) is 38.3 Å². The zero-order valence-corrected chi connectivity index (χ0v) is 17.9. The van der Waals surface area contributed by atoms with Crippen LogP contribution >= 0.6 is 11.6 Å². The molecule has 1 aliphatic rings. The standard InChI is InChI=1S/C19H22ClF3N6O3/c1-18(30,13-27-11-16(29(31)32)25-17(27)20)12-26-6-8-28(9-7-26)24-10-14-2-4-15(5-3-14)19(21,22)23/h2-5,10-11,30H,6-9,12-13H2,1H3/b24-10+/t18-/m0/s1. The van der Waals surface area contributed by atoms with Crippen molar-refractivity contribution >= 4 is 23.6 Å². The Morgan fingerprint density at radius 1 is 1.22 bits per heavy atom. The smallest absolute Gasteiger partial charge is 0.387 e. The Kier molecular flexibility index (Phi) is 7.06. The van der Waals surface area contributed by atoms with E-state index >= 15 is 0 Å². The topological polar surface area (TPSA) is 100 Å². The molecule has 0 aliphatic carbocycles. The number of aromatic nitrogens is 2. The Balaban J connectivity index is 1.49. The molecule has 0 radical (unpaired) electrons. The maximum atomic E-state index is 12.6. The Hall–Kier alpha value is -2.70. The van der Waals surface area contributed by atoms with Gasteiger partial charge in [0, 0.05) is 32.7 Å². The van der Waals surface area contributed by atoms with Gasteiger partial charge in [0.15, 0.2) is 0 Å². The number of rotatable bonds is 7. The molecule has 13 heteroatoms. The lowest BCUT2D eigenvalue weighted by Gasteiger charge is -2.37. The van der Waals surface area contributed by atoms with Gasteiger partial charge >= 0.3 is 17.3 Å². The molecule has 32 heavy (non-hydrogen) atoms. The van der Waals surface area contributed by atoms with Crippen LogP contribution in [-0.4, -0.2) is 74.0 Å². The number of imidazole rings is 1. The minimum atomic E-state index is -4.37. The Bertz CT molecular complexity index is 970. The zero-order valence-electron chi connectivity index (χ0n) is 17.2. The highest BCUT2D eigenvalue weighted by atomic mass is 35.5. The summed E-state index contributed by atoms with van der Waals surface area (Å²) in [5.41, 5.74) is -1.35. The first-order chi connectivity index (χ1) is 14.9. The van der Waals surface area contributed by atoms with Gasteiger partial charge < -0.3 is 15.2 Å². The average molecular weight is 475 g/mol. The largest absolute Gasteiger partial charge is 0.416 e. The van der Waals surface area contributed by atoms with E-state index in [1.807, 2.05) is 4.90 Å². The van der Waals surface area contributed by atoms with Crippen molar-refractivity contribution in [3.05, 3.63) is 57.0 Å². The van der Waals surface area contributed by atoms with Gasteiger partial charge in [0.1, 0.15) is 6.20 Å². The molecule has 2 heterocycles. The van der Waals surface area contributed by atoms with E-state index < -0.39 is 22.3 Å². The predicted octanol–water partition coefficient (Wildman–Crippen LogP) is 2.87. The summed E-state index contributed by atoms with van der Waals surface area (Å²) in [6.07, 6.45) is -1.67. The number of hydrazone groups is 1. The first-order valence-corrected chi connectivity index (χ1v) is 10.1. The third-order valence-corrected chi connectivity index (χ3v) is 5.24. The second-order valence-electron chi connectivity index (χ2n) is 7.84. The lowest BCUT2D eigenvalue weighted by molar-refractivity contribution is -0.389.